The number of halogens is 2. The standard InChI is InChI=1S/C22H18BrClN2O3/c1-14(29-20-11-10-16(24)13-19(20)23)21(27)26-18-9-5-6-15(12-18)22(28)25-17-7-3-2-4-8-17/h2-14H,1H3,(H,25,28)(H,26,27). The lowest BCUT2D eigenvalue weighted by molar-refractivity contribution is -0.122. The molecule has 5 nitrogen and oxygen atoms in total. The average molecular weight is 474 g/mol. The zero-order chi connectivity index (χ0) is 20.8. The molecule has 0 aromatic heterocycles. The molecule has 0 heterocycles. The largest absolute Gasteiger partial charge is 0.480 e. The first-order valence-electron chi connectivity index (χ1n) is 8.81. The van der Waals surface area contributed by atoms with Crippen molar-refractivity contribution in [3.8, 4) is 5.75 Å². The monoisotopic (exact) mass is 472 g/mol. The van der Waals surface area contributed by atoms with E-state index in [1.165, 1.54) is 0 Å². The lowest BCUT2D eigenvalue weighted by atomic mass is 10.1. The van der Waals surface area contributed by atoms with Crippen LogP contribution in [-0.4, -0.2) is 17.9 Å². The SMILES string of the molecule is CC(Oc1ccc(Cl)cc1Br)C(=O)Nc1cccc(C(=O)Nc2ccccc2)c1. The molecular formula is C22H18BrClN2O3. The number of para-hydroxylation sites is 1. The second kappa shape index (κ2) is 9.58. The van der Waals surface area contributed by atoms with Crippen LogP contribution in [0.1, 0.15) is 17.3 Å². The molecule has 0 aliphatic heterocycles. The number of benzene rings is 3. The van der Waals surface area contributed by atoms with Crippen LogP contribution in [0, 0.1) is 0 Å². The Morgan fingerprint density at radius 3 is 2.38 bits per heavy atom. The molecule has 2 amide bonds. The fourth-order valence-corrected chi connectivity index (χ4v) is 3.30. The summed E-state index contributed by atoms with van der Waals surface area (Å²) in [6.45, 7) is 1.64. The molecule has 3 rings (SSSR count). The van der Waals surface area contributed by atoms with Gasteiger partial charge in [0.15, 0.2) is 6.10 Å². The van der Waals surface area contributed by atoms with Gasteiger partial charge in [-0.1, -0.05) is 35.9 Å². The van der Waals surface area contributed by atoms with Crippen LogP contribution in [-0.2, 0) is 4.79 Å². The minimum Gasteiger partial charge on any atom is -0.480 e. The van der Waals surface area contributed by atoms with Crippen molar-refractivity contribution in [3.63, 3.8) is 0 Å². The van der Waals surface area contributed by atoms with Crippen LogP contribution in [0.4, 0.5) is 11.4 Å². The number of amides is 2. The van der Waals surface area contributed by atoms with Gasteiger partial charge in [-0.05, 0) is 71.4 Å². The van der Waals surface area contributed by atoms with Crippen LogP contribution < -0.4 is 15.4 Å². The average Bonchev–Trinajstić information content (AvgIpc) is 2.71. The molecule has 0 fully saturated rings. The van der Waals surface area contributed by atoms with Gasteiger partial charge in [-0.25, -0.2) is 0 Å². The molecule has 7 heteroatoms. The van der Waals surface area contributed by atoms with Crippen molar-refractivity contribution in [1.29, 1.82) is 0 Å². The predicted molar refractivity (Wildman–Crippen MR) is 119 cm³/mol. The van der Waals surface area contributed by atoms with Crippen LogP contribution in [0.5, 0.6) is 5.75 Å². The quantitative estimate of drug-likeness (QED) is 0.478. The molecule has 1 unspecified atom stereocenters. The first-order valence-corrected chi connectivity index (χ1v) is 9.98. The highest BCUT2D eigenvalue weighted by Gasteiger charge is 2.17. The van der Waals surface area contributed by atoms with E-state index in [4.69, 9.17) is 16.3 Å². The molecule has 0 saturated heterocycles. The summed E-state index contributed by atoms with van der Waals surface area (Å²) in [4.78, 5) is 24.9. The van der Waals surface area contributed by atoms with Gasteiger partial charge in [0.1, 0.15) is 5.75 Å². The highest BCUT2D eigenvalue weighted by atomic mass is 79.9. The Balaban J connectivity index is 1.64. The summed E-state index contributed by atoms with van der Waals surface area (Å²) < 4.78 is 6.35. The van der Waals surface area contributed by atoms with Gasteiger partial charge in [0.25, 0.3) is 11.8 Å². The van der Waals surface area contributed by atoms with Gasteiger partial charge in [0, 0.05) is 22.0 Å². The Labute approximate surface area is 182 Å². The molecule has 1 atom stereocenters. The summed E-state index contributed by atoms with van der Waals surface area (Å²) in [7, 11) is 0. The van der Waals surface area contributed by atoms with E-state index in [1.807, 2.05) is 18.2 Å². The van der Waals surface area contributed by atoms with E-state index in [2.05, 4.69) is 26.6 Å². The fraction of sp³-hybridized carbons (Fsp3) is 0.0909. The van der Waals surface area contributed by atoms with E-state index < -0.39 is 6.10 Å². The topological polar surface area (TPSA) is 67.4 Å². The van der Waals surface area contributed by atoms with Gasteiger partial charge in [-0.2, -0.15) is 0 Å². The minimum atomic E-state index is -0.755. The van der Waals surface area contributed by atoms with Gasteiger partial charge in [-0.3, -0.25) is 9.59 Å². The molecule has 3 aromatic carbocycles. The minimum absolute atomic E-state index is 0.262. The molecule has 0 aliphatic carbocycles. The van der Waals surface area contributed by atoms with Gasteiger partial charge in [0.2, 0.25) is 0 Å². The highest BCUT2D eigenvalue weighted by molar-refractivity contribution is 9.10. The molecule has 3 aromatic rings. The zero-order valence-electron chi connectivity index (χ0n) is 15.5. The second-order valence-corrected chi connectivity index (χ2v) is 7.52. The first kappa shape index (κ1) is 20.9. The molecule has 29 heavy (non-hydrogen) atoms. The van der Waals surface area contributed by atoms with Crippen molar-refractivity contribution in [1.82, 2.24) is 0 Å². The van der Waals surface area contributed by atoms with Crippen LogP contribution in [0.3, 0.4) is 0 Å². The number of carbonyl (C=O) groups is 2. The first-order chi connectivity index (χ1) is 13.9. The summed E-state index contributed by atoms with van der Waals surface area (Å²) in [6.07, 6.45) is -0.755. The maximum absolute atomic E-state index is 12.5. The summed E-state index contributed by atoms with van der Waals surface area (Å²) in [5.41, 5.74) is 1.63. The third-order valence-electron chi connectivity index (χ3n) is 3.99. The van der Waals surface area contributed by atoms with Crippen molar-refractivity contribution in [2.75, 3.05) is 10.6 Å². The smallest absolute Gasteiger partial charge is 0.265 e. The normalized spacial score (nSPS) is 11.4. The summed E-state index contributed by atoms with van der Waals surface area (Å²) in [6, 6.07) is 20.9. The van der Waals surface area contributed by atoms with Gasteiger partial charge in [0.05, 0.1) is 4.47 Å². The zero-order valence-corrected chi connectivity index (χ0v) is 17.8. The molecule has 0 saturated carbocycles. The Kier molecular flexibility index (Phi) is 6.90. The molecule has 0 aliphatic rings. The number of hydrogen-bond donors (Lipinski definition) is 2. The molecule has 2 N–H and O–H groups in total. The van der Waals surface area contributed by atoms with E-state index >= 15 is 0 Å². The summed E-state index contributed by atoms with van der Waals surface area (Å²) >= 11 is 9.28. The number of rotatable bonds is 6. The molecule has 0 bridgehead atoms. The number of hydrogen-bond acceptors (Lipinski definition) is 3. The molecule has 148 valence electrons. The van der Waals surface area contributed by atoms with Crippen molar-refractivity contribution in [2.24, 2.45) is 0 Å². The van der Waals surface area contributed by atoms with E-state index in [0.29, 0.717) is 32.2 Å². The van der Waals surface area contributed by atoms with Crippen LogP contribution in [0.2, 0.25) is 5.02 Å². The molecule has 0 spiro atoms. The lowest BCUT2D eigenvalue weighted by Crippen LogP contribution is -2.30. The highest BCUT2D eigenvalue weighted by Crippen LogP contribution is 2.29. The summed E-state index contributed by atoms with van der Waals surface area (Å²) in [5, 5.41) is 6.14. The van der Waals surface area contributed by atoms with Crippen LogP contribution in [0.25, 0.3) is 0 Å². The molecular weight excluding hydrogens is 456 g/mol. The van der Waals surface area contributed by atoms with E-state index in [9.17, 15) is 9.59 Å². The second-order valence-electron chi connectivity index (χ2n) is 6.23. The van der Waals surface area contributed by atoms with Crippen molar-refractivity contribution < 1.29 is 14.3 Å². The van der Waals surface area contributed by atoms with Gasteiger partial charge in [-0.15, -0.1) is 0 Å². The third-order valence-corrected chi connectivity index (χ3v) is 4.85. The maximum atomic E-state index is 12.5. The van der Waals surface area contributed by atoms with Crippen molar-refractivity contribution in [2.45, 2.75) is 13.0 Å². The Morgan fingerprint density at radius 1 is 0.931 bits per heavy atom. The van der Waals surface area contributed by atoms with Crippen molar-refractivity contribution in [3.05, 3.63) is 87.9 Å². The third kappa shape index (κ3) is 5.82. The maximum Gasteiger partial charge on any atom is 0.265 e. The Hall–Kier alpha value is -2.83. The van der Waals surface area contributed by atoms with Crippen molar-refractivity contribution >= 4 is 50.7 Å². The lowest BCUT2D eigenvalue weighted by Gasteiger charge is -2.16. The number of nitrogens with one attached hydrogen (secondary N) is 2. The Morgan fingerprint density at radius 2 is 1.66 bits per heavy atom. The summed E-state index contributed by atoms with van der Waals surface area (Å²) in [5.74, 6) is -0.0952. The van der Waals surface area contributed by atoms with Gasteiger partial charge < -0.3 is 15.4 Å². The predicted octanol–water partition coefficient (Wildman–Crippen LogP) is 5.76. The fourth-order valence-electron chi connectivity index (χ4n) is 2.52. The number of carbonyl (C=O) groups excluding carboxylic acids is 2. The van der Waals surface area contributed by atoms with E-state index in [0.717, 1.165) is 0 Å². The van der Waals surface area contributed by atoms with E-state index in [1.54, 1.807) is 61.5 Å². The van der Waals surface area contributed by atoms with E-state index in [-0.39, 0.29) is 11.8 Å². The Bertz CT molecular complexity index is 1030. The van der Waals surface area contributed by atoms with Gasteiger partial charge >= 0.3 is 0 Å². The number of ether oxygens (including phenoxy) is 1. The number of anilines is 2. The van der Waals surface area contributed by atoms with Crippen LogP contribution in [0.15, 0.2) is 77.3 Å². The van der Waals surface area contributed by atoms with Crippen LogP contribution >= 0.6 is 27.5 Å². The molecule has 0 radical (unpaired) electrons.